The summed E-state index contributed by atoms with van der Waals surface area (Å²) in [6.45, 7) is 0. The Balaban J connectivity index is 2.59. The van der Waals surface area contributed by atoms with Gasteiger partial charge in [0.2, 0.25) is 0 Å². The van der Waals surface area contributed by atoms with Gasteiger partial charge < -0.3 is 9.63 Å². The zero-order valence-electron chi connectivity index (χ0n) is 7.35. The molecule has 0 aromatic carbocycles. The van der Waals surface area contributed by atoms with E-state index >= 15 is 0 Å². The second kappa shape index (κ2) is 3.70. The number of pyridine rings is 1. The minimum atomic E-state index is -1.11. The van der Waals surface area contributed by atoms with Crippen molar-refractivity contribution >= 4 is 17.6 Å². The normalized spacial score (nSPS) is 10.2. The van der Waals surface area contributed by atoms with Gasteiger partial charge in [-0.3, -0.25) is 4.98 Å². The van der Waals surface area contributed by atoms with Gasteiger partial charge in [-0.25, -0.2) is 4.79 Å². The summed E-state index contributed by atoms with van der Waals surface area (Å²) in [6, 6.07) is 1.56. The number of halogens is 1. The second-order valence-corrected chi connectivity index (χ2v) is 3.14. The molecule has 15 heavy (non-hydrogen) atoms. The van der Waals surface area contributed by atoms with E-state index in [2.05, 4.69) is 10.1 Å². The Bertz CT molecular complexity index is 510. The van der Waals surface area contributed by atoms with E-state index in [0.717, 1.165) is 6.20 Å². The van der Waals surface area contributed by atoms with Crippen molar-refractivity contribution < 1.29 is 14.4 Å². The SMILES string of the molecule is O=C(O)c1cnoc1-c1ccncc1Cl. The predicted octanol–water partition coefficient (Wildman–Crippen LogP) is 2.09. The number of carboxylic acids is 1. The molecule has 0 aliphatic heterocycles. The van der Waals surface area contributed by atoms with Crippen LogP contribution in [0, 0.1) is 0 Å². The van der Waals surface area contributed by atoms with Crippen LogP contribution in [-0.2, 0) is 0 Å². The summed E-state index contributed by atoms with van der Waals surface area (Å²) >= 11 is 5.85. The molecule has 0 saturated heterocycles. The van der Waals surface area contributed by atoms with E-state index in [4.69, 9.17) is 21.2 Å². The van der Waals surface area contributed by atoms with Crippen molar-refractivity contribution in [3.63, 3.8) is 0 Å². The molecule has 0 aliphatic carbocycles. The molecule has 0 saturated carbocycles. The maximum absolute atomic E-state index is 10.8. The highest BCUT2D eigenvalue weighted by molar-refractivity contribution is 6.33. The number of nitrogens with zero attached hydrogens (tertiary/aromatic N) is 2. The van der Waals surface area contributed by atoms with Crippen molar-refractivity contribution in [1.29, 1.82) is 0 Å². The first-order chi connectivity index (χ1) is 7.20. The van der Waals surface area contributed by atoms with Gasteiger partial charge >= 0.3 is 5.97 Å². The van der Waals surface area contributed by atoms with E-state index in [0.29, 0.717) is 10.6 Å². The smallest absolute Gasteiger partial charge is 0.341 e. The molecule has 0 spiro atoms. The molecule has 0 atom stereocenters. The second-order valence-electron chi connectivity index (χ2n) is 2.73. The first-order valence-electron chi connectivity index (χ1n) is 3.98. The predicted molar refractivity (Wildman–Crippen MR) is 51.7 cm³/mol. The van der Waals surface area contributed by atoms with Crippen LogP contribution in [0.3, 0.4) is 0 Å². The maximum Gasteiger partial charge on any atom is 0.341 e. The van der Waals surface area contributed by atoms with Crippen molar-refractivity contribution in [2.24, 2.45) is 0 Å². The molecule has 1 N–H and O–H groups in total. The van der Waals surface area contributed by atoms with Gasteiger partial charge in [0.05, 0.1) is 11.2 Å². The molecular weight excluding hydrogens is 220 g/mol. The fraction of sp³-hybridized carbons (Fsp3) is 0. The lowest BCUT2D eigenvalue weighted by atomic mass is 10.1. The van der Waals surface area contributed by atoms with Crippen LogP contribution in [-0.4, -0.2) is 21.2 Å². The van der Waals surface area contributed by atoms with Gasteiger partial charge in [-0.05, 0) is 6.07 Å². The quantitative estimate of drug-likeness (QED) is 0.845. The highest BCUT2D eigenvalue weighted by atomic mass is 35.5. The Morgan fingerprint density at radius 1 is 1.47 bits per heavy atom. The highest BCUT2D eigenvalue weighted by Gasteiger charge is 2.18. The third-order valence-electron chi connectivity index (χ3n) is 1.82. The summed E-state index contributed by atoms with van der Waals surface area (Å²) in [5.74, 6) is -0.978. The summed E-state index contributed by atoms with van der Waals surface area (Å²) in [6.07, 6.45) is 4.04. The molecule has 2 aromatic heterocycles. The number of aromatic nitrogens is 2. The average molecular weight is 225 g/mol. The monoisotopic (exact) mass is 224 g/mol. The van der Waals surface area contributed by atoms with E-state index in [1.165, 1.54) is 12.4 Å². The highest BCUT2D eigenvalue weighted by Crippen LogP contribution is 2.29. The van der Waals surface area contributed by atoms with Crippen molar-refractivity contribution in [3.05, 3.63) is 35.2 Å². The lowest BCUT2D eigenvalue weighted by Crippen LogP contribution is -1.96. The van der Waals surface area contributed by atoms with Crippen molar-refractivity contribution in [2.75, 3.05) is 0 Å². The van der Waals surface area contributed by atoms with Gasteiger partial charge in [-0.15, -0.1) is 0 Å². The van der Waals surface area contributed by atoms with Gasteiger partial charge in [0.15, 0.2) is 5.76 Å². The molecule has 0 bridgehead atoms. The Labute approximate surface area is 89.3 Å². The topological polar surface area (TPSA) is 76.2 Å². The molecule has 5 nitrogen and oxygen atoms in total. The van der Waals surface area contributed by atoms with Crippen molar-refractivity contribution in [3.8, 4) is 11.3 Å². The van der Waals surface area contributed by atoms with E-state index < -0.39 is 5.97 Å². The van der Waals surface area contributed by atoms with E-state index in [9.17, 15) is 4.79 Å². The van der Waals surface area contributed by atoms with Gasteiger partial charge in [-0.1, -0.05) is 16.8 Å². The lowest BCUT2D eigenvalue weighted by Gasteiger charge is -1.99. The Morgan fingerprint density at radius 2 is 2.27 bits per heavy atom. The van der Waals surface area contributed by atoms with E-state index in [-0.39, 0.29) is 11.3 Å². The van der Waals surface area contributed by atoms with Crippen molar-refractivity contribution in [2.45, 2.75) is 0 Å². The van der Waals surface area contributed by atoms with Gasteiger partial charge in [-0.2, -0.15) is 0 Å². The fourth-order valence-electron chi connectivity index (χ4n) is 1.15. The zero-order valence-corrected chi connectivity index (χ0v) is 8.10. The number of rotatable bonds is 2. The molecule has 0 fully saturated rings. The van der Waals surface area contributed by atoms with Crippen molar-refractivity contribution in [1.82, 2.24) is 10.1 Å². The Hall–Kier alpha value is -1.88. The largest absolute Gasteiger partial charge is 0.477 e. The number of hydrogen-bond donors (Lipinski definition) is 1. The molecule has 6 heteroatoms. The van der Waals surface area contributed by atoms with E-state index in [1.54, 1.807) is 6.07 Å². The van der Waals surface area contributed by atoms with Crippen LogP contribution in [0.15, 0.2) is 29.2 Å². The molecular formula is C9H5ClN2O3. The summed E-state index contributed by atoms with van der Waals surface area (Å²) in [5.41, 5.74) is 0.435. The first-order valence-corrected chi connectivity index (χ1v) is 4.36. The van der Waals surface area contributed by atoms with Crippen LogP contribution >= 0.6 is 11.6 Å². The lowest BCUT2D eigenvalue weighted by molar-refractivity contribution is 0.0697. The Morgan fingerprint density at radius 3 is 2.93 bits per heavy atom. The van der Waals surface area contributed by atoms with Gasteiger partial charge in [0.1, 0.15) is 5.56 Å². The average Bonchev–Trinajstić information content (AvgIpc) is 2.67. The number of aromatic carboxylic acids is 1. The molecule has 0 radical (unpaired) electrons. The van der Waals surface area contributed by atoms with Crippen LogP contribution in [0.5, 0.6) is 0 Å². The van der Waals surface area contributed by atoms with E-state index in [1.807, 2.05) is 0 Å². The molecule has 2 rings (SSSR count). The summed E-state index contributed by atoms with van der Waals surface area (Å²) < 4.78 is 4.85. The van der Waals surface area contributed by atoms with Gasteiger partial charge in [0.25, 0.3) is 0 Å². The maximum atomic E-state index is 10.8. The molecule has 0 unspecified atom stereocenters. The minimum Gasteiger partial charge on any atom is -0.477 e. The number of hydrogen-bond acceptors (Lipinski definition) is 4. The molecule has 0 aliphatic rings. The van der Waals surface area contributed by atoms with Crippen LogP contribution in [0.25, 0.3) is 11.3 Å². The molecule has 0 amide bonds. The summed E-state index contributed by atoms with van der Waals surface area (Å²) in [5, 5.41) is 12.6. The summed E-state index contributed by atoms with van der Waals surface area (Å²) in [4.78, 5) is 14.6. The van der Waals surface area contributed by atoms with Crippen LogP contribution in [0.4, 0.5) is 0 Å². The summed E-state index contributed by atoms with van der Waals surface area (Å²) in [7, 11) is 0. The molecule has 2 heterocycles. The fourth-order valence-corrected chi connectivity index (χ4v) is 1.35. The first kappa shape index (κ1) is 9.67. The third-order valence-corrected chi connectivity index (χ3v) is 2.12. The Kier molecular flexibility index (Phi) is 2.39. The van der Waals surface area contributed by atoms with Crippen LogP contribution in [0.1, 0.15) is 10.4 Å². The third kappa shape index (κ3) is 1.69. The molecule has 2 aromatic rings. The van der Waals surface area contributed by atoms with Gasteiger partial charge in [0, 0.05) is 18.0 Å². The van der Waals surface area contributed by atoms with Crippen LogP contribution in [0.2, 0.25) is 5.02 Å². The van der Waals surface area contributed by atoms with Crippen LogP contribution < -0.4 is 0 Å². The number of carboxylic acid groups (broad SMARTS) is 1. The number of carbonyl (C=O) groups is 1. The standard InChI is InChI=1S/C9H5ClN2O3/c10-7-4-11-2-1-5(7)8-6(9(13)14)3-12-15-8/h1-4H,(H,13,14). The molecule has 76 valence electrons. The minimum absolute atomic E-state index is 0.0249. The zero-order chi connectivity index (χ0) is 10.8.